The van der Waals surface area contributed by atoms with Crippen LogP contribution in [0.1, 0.15) is 30.0 Å². The van der Waals surface area contributed by atoms with Crippen LogP contribution in [-0.4, -0.2) is 29.9 Å². The predicted molar refractivity (Wildman–Crippen MR) is 127 cm³/mol. The third-order valence-corrected chi connectivity index (χ3v) is 5.67. The molecule has 0 saturated heterocycles. The van der Waals surface area contributed by atoms with Gasteiger partial charge in [-0.25, -0.2) is 0 Å². The molecule has 0 aliphatic carbocycles. The van der Waals surface area contributed by atoms with E-state index in [4.69, 9.17) is 9.47 Å². The number of ether oxygens (including phenoxy) is 2. The average molecular weight is 445 g/mol. The van der Waals surface area contributed by atoms with Gasteiger partial charge in [0, 0.05) is 24.3 Å². The number of anilines is 1. The fourth-order valence-electron chi connectivity index (χ4n) is 3.92. The first-order valence-corrected chi connectivity index (χ1v) is 11.1. The number of benzene rings is 3. The predicted octanol–water partition coefficient (Wildman–Crippen LogP) is 4.58. The van der Waals surface area contributed by atoms with Gasteiger partial charge in [-0.1, -0.05) is 49.4 Å². The number of hydrogen-bond acceptors (Lipinski definition) is 4. The lowest BCUT2D eigenvalue weighted by Crippen LogP contribution is -2.38. The zero-order valence-corrected chi connectivity index (χ0v) is 18.9. The molecule has 1 heterocycles. The molecule has 2 amide bonds. The Bertz CT molecular complexity index is 1110. The molecule has 0 bridgehead atoms. The van der Waals surface area contributed by atoms with Gasteiger partial charge in [-0.15, -0.1) is 0 Å². The van der Waals surface area contributed by atoms with Crippen molar-refractivity contribution in [2.45, 2.75) is 39.0 Å². The lowest BCUT2D eigenvalue weighted by Gasteiger charge is -2.23. The van der Waals surface area contributed by atoms with Crippen molar-refractivity contribution in [3.05, 3.63) is 89.5 Å². The molecular weight excluding hydrogens is 416 g/mol. The molecule has 1 aliphatic heterocycles. The van der Waals surface area contributed by atoms with Crippen molar-refractivity contribution in [3.63, 3.8) is 0 Å². The number of fused-ring (bicyclic) bond motifs is 1. The molecule has 170 valence electrons. The van der Waals surface area contributed by atoms with Crippen LogP contribution < -0.4 is 14.8 Å². The van der Waals surface area contributed by atoms with Crippen molar-refractivity contribution in [1.29, 1.82) is 0 Å². The topological polar surface area (TPSA) is 67.9 Å². The minimum Gasteiger partial charge on any atom is -0.497 e. The van der Waals surface area contributed by atoms with Gasteiger partial charge in [-0.3, -0.25) is 9.59 Å². The first-order chi connectivity index (χ1) is 16.1. The highest BCUT2D eigenvalue weighted by Gasteiger charge is 2.30. The molecule has 6 nitrogen and oxygen atoms in total. The molecule has 33 heavy (non-hydrogen) atoms. The van der Waals surface area contributed by atoms with Gasteiger partial charge >= 0.3 is 0 Å². The van der Waals surface area contributed by atoms with Crippen LogP contribution in [0.25, 0.3) is 0 Å². The average Bonchev–Trinajstić information content (AvgIpc) is 2.96. The van der Waals surface area contributed by atoms with Crippen molar-refractivity contribution in [1.82, 2.24) is 4.90 Å². The number of carbonyl (C=O) groups is 2. The molecule has 0 fully saturated rings. The summed E-state index contributed by atoms with van der Waals surface area (Å²) >= 11 is 0. The summed E-state index contributed by atoms with van der Waals surface area (Å²) in [4.78, 5) is 27.5. The molecule has 1 N–H and O–H groups in total. The summed E-state index contributed by atoms with van der Waals surface area (Å²) < 4.78 is 11.3. The smallest absolute Gasteiger partial charge is 0.264 e. The first kappa shape index (κ1) is 22.4. The van der Waals surface area contributed by atoms with Gasteiger partial charge in [0.15, 0.2) is 6.10 Å². The Labute approximate surface area is 194 Å². The molecule has 0 saturated carbocycles. The fourth-order valence-corrected chi connectivity index (χ4v) is 3.92. The Hall–Kier alpha value is -3.80. The second-order valence-corrected chi connectivity index (χ2v) is 8.09. The van der Waals surface area contributed by atoms with Crippen LogP contribution in [0, 0.1) is 0 Å². The van der Waals surface area contributed by atoms with Gasteiger partial charge in [0.2, 0.25) is 5.91 Å². The molecule has 6 heteroatoms. The van der Waals surface area contributed by atoms with Crippen molar-refractivity contribution in [3.8, 4) is 11.5 Å². The van der Waals surface area contributed by atoms with E-state index in [0.717, 1.165) is 22.4 Å². The van der Waals surface area contributed by atoms with Gasteiger partial charge in [0.1, 0.15) is 11.5 Å². The Morgan fingerprint density at radius 1 is 1.06 bits per heavy atom. The van der Waals surface area contributed by atoms with Crippen LogP contribution in [0.2, 0.25) is 0 Å². The maximum Gasteiger partial charge on any atom is 0.264 e. The number of rotatable bonds is 7. The van der Waals surface area contributed by atoms with Gasteiger partial charge in [-0.05, 0) is 47.9 Å². The van der Waals surface area contributed by atoms with E-state index < -0.39 is 6.10 Å². The highest BCUT2D eigenvalue weighted by molar-refractivity contribution is 5.92. The summed E-state index contributed by atoms with van der Waals surface area (Å²) in [6, 6.07) is 22.9. The normalized spacial score (nSPS) is 15.3. The first-order valence-electron chi connectivity index (χ1n) is 11.1. The number of hydrogen-bond donors (Lipinski definition) is 1. The van der Waals surface area contributed by atoms with Crippen LogP contribution in [0.4, 0.5) is 5.69 Å². The molecule has 1 atom stereocenters. The maximum absolute atomic E-state index is 13.1. The number of amides is 2. The summed E-state index contributed by atoms with van der Waals surface area (Å²) in [5, 5.41) is 2.96. The van der Waals surface area contributed by atoms with Crippen molar-refractivity contribution in [2.24, 2.45) is 0 Å². The van der Waals surface area contributed by atoms with E-state index in [0.29, 0.717) is 37.4 Å². The number of carbonyl (C=O) groups excluding carboxylic acids is 2. The Morgan fingerprint density at radius 3 is 2.52 bits per heavy atom. The van der Waals surface area contributed by atoms with Gasteiger partial charge in [0.05, 0.1) is 13.5 Å². The number of methoxy groups -OCH3 is 1. The van der Waals surface area contributed by atoms with Crippen LogP contribution in [-0.2, 0) is 29.1 Å². The maximum atomic E-state index is 13.1. The van der Waals surface area contributed by atoms with E-state index >= 15 is 0 Å². The molecule has 0 radical (unpaired) electrons. The van der Waals surface area contributed by atoms with E-state index in [1.807, 2.05) is 79.7 Å². The van der Waals surface area contributed by atoms with E-state index in [1.54, 1.807) is 12.0 Å². The van der Waals surface area contributed by atoms with Crippen molar-refractivity contribution >= 4 is 17.5 Å². The lowest BCUT2D eigenvalue weighted by molar-refractivity contribution is -0.139. The minimum atomic E-state index is -0.539. The zero-order valence-electron chi connectivity index (χ0n) is 18.9. The lowest BCUT2D eigenvalue weighted by atomic mass is 10.1. The van der Waals surface area contributed by atoms with Crippen LogP contribution in [0.3, 0.4) is 0 Å². The van der Waals surface area contributed by atoms with Crippen molar-refractivity contribution in [2.75, 3.05) is 12.4 Å². The van der Waals surface area contributed by atoms with Crippen LogP contribution in [0.5, 0.6) is 11.5 Å². The van der Waals surface area contributed by atoms with Crippen LogP contribution >= 0.6 is 0 Å². The van der Waals surface area contributed by atoms with Gasteiger partial charge in [-0.2, -0.15) is 0 Å². The molecule has 4 rings (SSSR count). The summed E-state index contributed by atoms with van der Waals surface area (Å²) in [7, 11) is 1.63. The molecule has 0 aromatic heterocycles. The summed E-state index contributed by atoms with van der Waals surface area (Å²) in [5.41, 5.74) is 3.51. The molecule has 3 aromatic rings. The quantitative estimate of drug-likeness (QED) is 0.579. The summed E-state index contributed by atoms with van der Waals surface area (Å²) in [6.07, 6.45) is 0.337. The molecule has 3 aromatic carbocycles. The Kier molecular flexibility index (Phi) is 6.93. The highest BCUT2D eigenvalue weighted by Crippen LogP contribution is 2.30. The summed E-state index contributed by atoms with van der Waals surface area (Å²) in [6.45, 7) is 2.81. The third kappa shape index (κ3) is 5.52. The van der Waals surface area contributed by atoms with Gasteiger partial charge in [0.25, 0.3) is 5.91 Å². The molecule has 1 unspecified atom stereocenters. The largest absolute Gasteiger partial charge is 0.497 e. The van der Waals surface area contributed by atoms with E-state index in [-0.39, 0.29) is 11.8 Å². The molecule has 0 spiro atoms. The monoisotopic (exact) mass is 444 g/mol. The fraction of sp³-hybridized carbons (Fsp3) is 0.259. The van der Waals surface area contributed by atoms with E-state index in [1.165, 1.54) is 0 Å². The second kappa shape index (κ2) is 10.2. The minimum absolute atomic E-state index is 0.0424. The molecular formula is C27H28N2O4. The Morgan fingerprint density at radius 2 is 1.82 bits per heavy atom. The third-order valence-electron chi connectivity index (χ3n) is 5.67. The number of nitrogens with zero attached hydrogens (tertiary/aromatic N) is 1. The zero-order chi connectivity index (χ0) is 23.2. The molecule has 1 aliphatic rings. The SMILES string of the molecule is CCC1Oc2ccc(NC(=O)Cc3ccccc3)cc2CN(Cc2ccc(OC)cc2)C1=O. The van der Waals surface area contributed by atoms with Crippen molar-refractivity contribution < 1.29 is 19.1 Å². The van der Waals surface area contributed by atoms with E-state index in [2.05, 4.69) is 5.32 Å². The highest BCUT2D eigenvalue weighted by atomic mass is 16.5. The van der Waals surface area contributed by atoms with E-state index in [9.17, 15) is 9.59 Å². The Balaban J connectivity index is 1.52. The second-order valence-electron chi connectivity index (χ2n) is 8.09. The number of nitrogens with one attached hydrogen (secondary N) is 1. The van der Waals surface area contributed by atoms with Gasteiger partial charge < -0.3 is 19.7 Å². The van der Waals surface area contributed by atoms with Crippen LogP contribution in [0.15, 0.2) is 72.8 Å². The summed E-state index contributed by atoms with van der Waals surface area (Å²) in [5.74, 6) is 1.32. The standard InChI is InChI=1S/C27H28N2O4/c1-3-24-27(31)29(17-20-9-12-23(32-2)13-10-20)18-21-16-22(11-14-25(21)33-24)28-26(30)15-19-7-5-4-6-8-19/h4-14,16,24H,3,15,17-18H2,1-2H3,(H,28,30).